The van der Waals surface area contributed by atoms with Gasteiger partial charge in [-0.25, -0.2) is 0 Å². The van der Waals surface area contributed by atoms with E-state index in [2.05, 4.69) is 10.3 Å². The summed E-state index contributed by atoms with van der Waals surface area (Å²) in [7, 11) is 0. The monoisotopic (exact) mass is 214 g/mol. The lowest BCUT2D eigenvalue weighted by Crippen LogP contribution is -2.44. The van der Waals surface area contributed by atoms with Gasteiger partial charge in [-0.05, 0) is 12.8 Å². The molecule has 0 aromatic heterocycles. The minimum absolute atomic E-state index is 0.0152. The van der Waals surface area contributed by atoms with Gasteiger partial charge >= 0.3 is 0 Å². The first-order valence-electron chi connectivity index (χ1n) is 4.38. The standard InChI is InChI=1S/C8H16N5O2/c1-5(14)13-6(7(9)15)3-2-4-12-8(10)11/h3,6H,2,4H2,1H3,(H2,9,15)(H,13,14)(H4,10,11,12). The number of nitrogens with two attached hydrogens (primary N) is 3. The van der Waals surface area contributed by atoms with Crippen molar-refractivity contribution in [2.75, 3.05) is 6.54 Å². The third-order valence-corrected chi connectivity index (χ3v) is 1.49. The molecule has 0 heterocycles. The summed E-state index contributed by atoms with van der Waals surface area (Å²) in [5.74, 6) is -0.953. The van der Waals surface area contributed by atoms with E-state index >= 15 is 0 Å². The Labute approximate surface area is 88.1 Å². The zero-order valence-electron chi connectivity index (χ0n) is 8.56. The molecule has 85 valence electrons. The molecule has 15 heavy (non-hydrogen) atoms. The van der Waals surface area contributed by atoms with E-state index in [9.17, 15) is 9.59 Å². The zero-order chi connectivity index (χ0) is 11.8. The van der Waals surface area contributed by atoms with E-state index in [1.807, 2.05) is 0 Å². The van der Waals surface area contributed by atoms with E-state index < -0.39 is 11.9 Å². The summed E-state index contributed by atoms with van der Waals surface area (Å²) in [5, 5.41) is 2.39. The number of amides is 2. The Morgan fingerprint density at radius 1 is 1.40 bits per heavy atom. The second kappa shape index (κ2) is 6.63. The van der Waals surface area contributed by atoms with Crippen LogP contribution in [-0.2, 0) is 9.59 Å². The highest BCUT2D eigenvalue weighted by Crippen LogP contribution is 1.95. The Hall–Kier alpha value is -1.79. The van der Waals surface area contributed by atoms with Crippen molar-refractivity contribution in [2.24, 2.45) is 22.2 Å². The minimum atomic E-state index is -0.781. The van der Waals surface area contributed by atoms with Crippen molar-refractivity contribution >= 4 is 17.8 Å². The Balaban J connectivity index is 3.92. The van der Waals surface area contributed by atoms with Crippen molar-refractivity contribution in [2.45, 2.75) is 19.4 Å². The molecule has 0 fully saturated rings. The number of carbonyl (C=O) groups excluding carboxylic acids is 2. The maximum atomic E-state index is 10.9. The highest BCUT2D eigenvalue weighted by atomic mass is 16.2. The summed E-state index contributed by atoms with van der Waals surface area (Å²) in [4.78, 5) is 25.3. The number of primary amides is 1. The number of hydrogen-bond donors (Lipinski definition) is 4. The van der Waals surface area contributed by atoms with Crippen molar-refractivity contribution in [3.05, 3.63) is 6.42 Å². The molecule has 1 radical (unpaired) electrons. The maximum Gasteiger partial charge on any atom is 0.240 e. The van der Waals surface area contributed by atoms with Crippen LogP contribution in [0.15, 0.2) is 4.99 Å². The molecule has 0 saturated carbocycles. The molecule has 0 aromatic rings. The molecule has 7 heteroatoms. The number of rotatable bonds is 6. The predicted octanol–water partition coefficient (Wildman–Crippen LogP) is -2.16. The molecular formula is C8H16N5O2. The van der Waals surface area contributed by atoms with Gasteiger partial charge in [0, 0.05) is 13.5 Å². The van der Waals surface area contributed by atoms with Crippen LogP contribution in [0.25, 0.3) is 0 Å². The fourth-order valence-corrected chi connectivity index (χ4v) is 0.900. The number of aliphatic imine (C=N–C) groups is 1. The minimum Gasteiger partial charge on any atom is -0.370 e. The first-order valence-corrected chi connectivity index (χ1v) is 4.38. The van der Waals surface area contributed by atoms with Crippen molar-refractivity contribution in [3.8, 4) is 0 Å². The molecule has 1 unspecified atom stereocenters. The summed E-state index contributed by atoms with van der Waals surface area (Å²) in [5.41, 5.74) is 15.3. The smallest absolute Gasteiger partial charge is 0.240 e. The second-order valence-electron chi connectivity index (χ2n) is 2.91. The Morgan fingerprint density at radius 2 is 2.00 bits per heavy atom. The topological polar surface area (TPSA) is 137 Å². The third-order valence-electron chi connectivity index (χ3n) is 1.49. The van der Waals surface area contributed by atoms with Gasteiger partial charge in [0.2, 0.25) is 11.8 Å². The molecule has 1 atom stereocenters. The van der Waals surface area contributed by atoms with E-state index in [0.717, 1.165) is 0 Å². The molecule has 0 aliphatic heterocycles. The average molecular weight is 214 g/mol. The lowest BCUT2D eigenvalue weighted by Gasteiger charge is -2.12. The van der Waals surface area contributed by atoms with Crippen LogP contribution in [0.3, 0.4) is 0 Å². The molecule has 0 spiro atoms. The fraction of sp³-hybridized carbons (Fsp3) is 0.500. The van der Waals surface area contributed by atoms with Crippen LogP contribution in [0.2, 0.25) is 0 Å². The number of nitrogens with one attached hydrogen (secondary N) is 1. The first kappa shape index (κ1) is 13.2. The molecule has 2 amide bonds. The van der Waals surface area contributed by atoms with Gasteiger partial charge in [0.05, 0.1) is 0 Å². The normalized spacial score (nSPS) is 11.5. The van der Waals surface area contributed by atoms with Gasteiger partial charge in [0.25, 0.3) is 0 Å². The number of guanidine groups is 1. The van der Waals surface area contributed by atoms with Gasteiger partial charge in [-0.2, -0.15) is 0 Å². The lowest BCUT2D eigenvalue weighted by molar-refractivity contribution is -0.125. The van der Waals surface area contributed by atoms with Crippen LogP contribution in [-0.4, -0.2) is 30.4 Å². The summed E-state index contributed by atoms with van der Waals surface area (Å²) in [6.45, 7) is 1.66. The van der Waals surface area contributed by atoms with Gasteiger partial charge in [-0.3, -0.25) is 14.6 Å². The SMILES string of the molecule is CC(=O)NC([CH]CCN=C(N)N)C(N)=O. The van der Waals surface area contributed by atoms with Gasteiger partial charge in [-0.1, -0.05) is 0 Å². The van der Waals surface area contributed by atoms with Crippen LogP contribution in [0, 0.1) is 6.42 Å². The average Bonchev–Trinajstić information content (AvgIpc) is 2.08. The van der Waals surface area contributed by atoms with Gasteiger partial charge in [-0.15, -0.1) is 0 Å². The Kier molecular flexibility index (Phi) is 5.84. The zero-order valence-corrected chi connectivity index (χ0v) is 8.56. The molecule has 7 N–H and O–H groups in total. The van der Waals surface area contributed by atoms with Crippen molar-refractivity contribution < 1.29 is 9.59 Å². The number of hydrogen-bond acceptors (Lipinski definition) is 3. The molecule has 7 nitrogen and oxygen atoms in total. The Morgan fingerprint density at radius 3 is 2.40 bits per heavy atom. The van der Waals surface area contributed by atoms with Crippen molar-refractivity contribution in [1.29, 1.82) is 0 Å². The van der Waals surface area contributed by atoms with Gasteiger partial charge < -0.3 is 22.5 Å². The summed E-state index contributed by atoms with van der Waals surface area (Å²) >= 11 is 0. The van der Waals surface area contributed by atoms with Crippen LogP contribution in [0.5, 0.6) is 0 Å². The lowest BCUT2D eigenvalue weighted by atomic mass is 10.1. The van der Waals surface area contributed by atoms with Crippen molar-refractivity contribution in [3.63, 3.8) is 0 Å². The third kappa shape index (κ3) is 7.29. The molecular weight excluding hydrogens is 198 g/mol. The van der Waals surface area contributed by atoms with E-state index in [0.29, 0.717) is 13.0 Å². The number of carbonyl (C=O) groups is 2. The Bertz CT molecular complexity index is 260. The summed E-state index contributed by atoms with van der Waals surface area (Å²) < 4.78 is 0. The molecule has 0 aromatic carbocycles. The summed E-state index contributed by atoms with van der Waals surface area (Å²) in [6, 6.07) is -0.781. The van der Waals surface area contributed by atoms with Crippen LogP contribution >= 0.6 is 0 Å². The van der Waals surface area contributed by atoms with E-state index in [1.165, 1.54) is 6.92 Å². The van der Waals surface area contributed by atoms with Crippen LogP contribution in [0.1, 0.15) is 13.3 Å². The second-order valence-corrected chi connectivity index (χ2v) is 2.91. The van der Waals surface area contributed by atoms with Gasteiger partial charge in [0.1, 0.15) is 6.04 Å². The largest absolute Gasteiger partial charge is 0.370 e. The summed E-state index contributed by atoms with van der Waals surface area (Å²) in [6.07, 6.45) is 2.00. The quantitative estimate of drug-likeness (QED) is 0.227. The fourth-order valence-electron chi connectivity index (χ4n) is 0.900. The molecule has 0 aliphatic carbocycles. The highest BCUT2D eigenvalue weighted by molar-refractivity contribution is 5.86. The molecule has 0 aliphatic rings. The highest BCUT2D eigenvalue weighted by Gasteiger charge is 2.15. The first-order chi connectivity index (χ1) is 6.93. The molecule has 0 rings (SSSR count). The van der Waals surface area contributed by atoms with E-state index in [1.54, 1.807) is 6.42 Å². The molecule has 0 saturated heterocycles. The number of nitrogens with zero attached hydrogens (tertiary/aromatic N) is 1. The van der Waals surface area contributed by atoms with E-state index in [-0.39, 0.29) is 11.9 Å². The van der Waals surface area contributed by atoms with Crippen LogP contribution in [0.4, 0.5) is 0 Å². The maximum absolute atomic E-state index is 10.9. The molecule has 0 bridgehead atoms. The van der Waals surface area contributed by atoms with E-state index in [4.69, 9.17) is 17.2 Å². The van der Waals surface area contributed by atoms with Gasteiger partial charge in [0.15, 0.2) is 5.96 Å². The van der Waals surface area contributed by atoms with Crippen molar-refractivity contribution in [1.82, 2.24) is 5.32 Å². The predicted molar refractivity (Wildman–Crippen MR) is 56.4 cm³/mol. The van der Waals surface area contributed by atoms with Crippen LogP contribution < -0.4 is 22.5 Å².